The van der Waals surface area contributed by atoms with E-state index in [4.69, 9.17) is 45.5 Å². The van der Waals surface area contributed by atoms with Gasteiger partial charge in [0.1, 0.15) is 12.7 Å². The molecule has 0 rings (SSSR count). The highest BCUT2D eigenvalue weighted by Crippen LogP contribution is 2.26. The number of hydrogen-bond donors (Lipinski definition) is 0. The van der Waals surface area contributed by atoms with Gasteiger partial charge in [0, 0.05) is 0 Å². The Hall–Kier alpha value is -0.720. The fraction of sp³-hybridized carbons (Fsp3) is 0.333. The van der Waals surface area contributed by atoms with Crippen LogP contribution in [0, 0.1) is 11.3 Å². The summed E-state index contributed by atoms with van der Waals surface area (Å²) < 4.78 is 2.59. The molecule has 4 nitrogen and oxygen atoms in total. The summed E-state index contributed by atoms with van der Waals surface area (Å²) in [6, 6.07) is 1.34. The molecule has 0 unspecified atom stereocenters. The Labute approximate surface area is 89.1 Å². The highest BCUT2D eigenvalue weighted by Gasteiger charge is 2.22. The second kappa shape index (κ2) is 5.11. The summed E-state index contributed by atoms with van der Waals surface area (Å²) in [7, 11) is 0. The SMILES string of the molecule is N#CC(=C=[N-])C(=O)OCC(Cl)(Cl)Cl. The minimum Gasteiger partial charge on any atom is -0.762 e. The molecule has 7 heteroatoms. The summed E-state index contributed by atoms with van der Waals surface area (Å²) in [4.78, 5) is 10.8. The second-order valence-corrected chi connectivity index (χ2v) is 4.31. The molecular weight excluding hydrogens is 238 g/mol. The van der Waals surface area contributed by atoms with Crippen molar-refractivity contribution in [3.63, 3.8) is 0 Å². The Morgan fingerprint density at radius 3 is 2.38 bits per heavy atom. The van der Waals surface area contributed by atoms with Crippen LogP contribution in [0.4, 0.5) is 0 Å². The number of carbonyl (C=O) groups excluding carboxylic acids is 1. The molecule has 0 atom stereocenters. The molecule has 0 saturated carbocycles. The normalized spacial score (nSPS) is 9.69. The third-order valence-corrected chi connectivity index (χ3v) is 1.12. The Balaban J connectivity index is 4.20. The molecule has 0 spiro atoms. The van der Waals surface area contributed by atoms with Crippen LogP contribution >= 0.6 is 34.8 Å². The molecule has 0 aliphatic rings. The second-order valence-electron chi connectivity index (χ2n) is 1.79. The van der Waals surface area contributed by atoms with Crippen LogP contribution in [-0.4, -0.2) is 22.2 Å². The standard InChI is InChI=1S/C6H2Cl3N2O2/c7-6(8,9)3-13-5(12)4(1-10)2-11/h3H2/q-1. The maximum atomic E-state index is 10.8. The Bertz CT molecular complexity index is 296. The molecule has 0 aromatic rings. The predicted octanol–water partition coefficient (Wildman–Crippen LogP) is 1.59. The minimum atomic E-state index is -1.74. The van der Waals surface area contributed by atoms with Gasteiger partial charge in [-0.25, -0.2) is 10.7 Å². The van der Waals surface area contributed by atoms with Gasteiger partial charge in [0.25, 0.3) is 0 Å². The van der Waals surface area contributed by atoms with Crippen molar-refractivity contribution in [1.82, 2.24) is 0 Å². The van der Waals surface area contributed by atoms with Gasteiger partial charge in [-0.1, -0.05) is 34.8 Å². The maximum absolute atomic E-state index is 10.8. The largest absolute Gasteiger partial charge is 0.762 e. The van der Waals surface area contributed by atoms with Crippen molar-refractivity contribution in [1.29, 1.82) is 5.26 Å². The number of rotatable bonds is 2. The molecule has 0 amide bonds. The monoisotopic (exact) mass is 239 g/mol. The van der Waals surface area contributed by atoms with Gasteiger partial charge in [-0.3, -0.25) is 0 Å². The van der Waals surface area contributed by atoms with E-state index in [9.17, 15) is 4.79 Å². The molecular formula is C6H2Cl3N2O2-. The zero-order valence-electron chi connectivity index (χ0n) is 6.05. The highest BCUT2D eigenvalue weighted by atomic mass is 35.6. The number of alkyl halides is 3. The van der Waals surface area contributed by atoms with Crippen molar-refractivity contribution in [2.75, 3.05) is 6.61 Å². The molecule has 0 aromatic heterocycles. The summed E-state index contributed by atoms with van der Waals surface area (Å²) >= 11 is 15.7. The number of hydrogen-bond acceptors (Lipinski definition) is 3. The van der Waals surface area contributed by atoms with Crippen molar-refractivity contribution in [2.24, 2.45) is 0 Å². The number of ether oxygens (including phenoxy) is 1. The number of esters is 1. The Kier molecular flexibility index (Phi) is 4.82. The lowest BCUT2D eigenvalue weighted by Gasteiger charge is -2.10. The Morgan fingerprint density at radius 2 is 2.08 bits per heavy atom. The van der Waals surface area contributed by atoms with E-state index >= 15 is 0 Å². The van der Waals surface area contributed by atoms with Crippen LogP contribution in [0.1, 0.15) is 0 Å². The molecule has 0 fully saturated rings. The first-order valence-corrected chi connectivity index (χ1v) is 3.95. The van der Waals surface area contributed by atoms with E-state index in [2.05, 4.69) is 4.74 Å². The molecule has 0 heterocycles. The molecule has 70 valence electrons. The number of nitrogens with zero attached hydrogens (tertiary/aromatic N) is 2. The van der Waals surface area contributed by atoms with E-state index in [1.165, 1.54) is 11.9 Å². The summed E-state index contributed by atoms with van der Waals surface area (Å²) in [5.74, 6) is 0.239. The van der Waals surface area contributed by atoms with E-state index in [1.807, 2.05) is 0 Å². The average Bonchev–Trinajstić information content (AvgIpc) is 2.02. The Morgan fingerprint density at radius 1 is 1.54 bits per heavy atom. The van der Waals surface area contributed by atoms with Gasteiger partial charge in [-0.2, -0.15) is 5.26 Å². The first kappa shape index (κ1) is 12.3. The first-order valence-electron chi connectivity index (χ1n) is 2.81. The third kappa shape index (κ3) is 5.51. The summed E-state index contributed by atoms with van der Waals surface area (Å²) in [6.07, 6.45) is 0. The van der Waals surface area contributed by atoms with Crippen LogP contribution in [0.2, 0.25) is 0 Å². The van der Waals surface area contributed by atoms with Gasteiger partial charge >= 0.3 is 5.97 Å². The molecule has 0 saturated heterocycles. The van der Waals surface area contributed by atoms with Gasteiger partial charge in [-0.05, 0) is 0 Å². The van der Waals surface area contributed by atoms with E-state index in [0.29, 0.717) is 0 Å². The number of carbonyl (C=O) groups is 1. The smallest absolute Gasteiger partial charge is 0.355 e. The van der Waals surface area contributed by atoms with Crippen molar-refractivity contribution in [2.45, 2.75) is 3.79 Å². The summed E-state index contributed by atoms with van der Waals surface area (Å²) in [5, 5.41) is 16.4. The van der Waals surface area contributed by atoms with Crippen molar-refractivity contribution in [3.8, 4) is 6.07 Å². The molecule has 0 aromatic carbocycles. The molecule has 13 heavy (non-hydrogen) atoms. The van der Waals surface area contributed by atoms with Crippen LogP contribution in [0.15, 0.2) is 5.57 Å². The van der Waals surface area contributed by atoms with E-state index < -0.39 is 21.9 Å². The fourth-order valence-electron chi connectivity index (χ4n) is 0.336. The van der Waals surface area contributed by atoms with E-state index in [1.54, 1.807) is 0 Å². The van der Waals surface area contributed by atoms with Crippen molar-refractivity contribution >= 4 is 46.6 Å². The molecule has 0 N–H and O–H groups in total. The van der Waals surface area contributed by atoms with Crippen molar-refractivity contribution in [3.05, 3.63) is 11.0 Å². The summed E-state index contributed by atoms with van der Waals surface area (Å²) in [5.41, 5.74) is -0.686. The van der Waals surface area contributed by atoms with Crippen LogP contribution in [0.25, 0.3) is 5.41 Å². The van der Waals surface area contributed by atoms with Gasteiger partial charge in [0.05, 0.1) is 0 Å². The molecule has 0 aliphatic heterocycles. The van der Waals surface area contributed by atoms with E-state index in [0.717, 1.165) is 0 Å². The topological polar surface area (TPSA) is 72.4 Å². The zero-order valence-corrected chi connectivity index (χ0v) is 8.32. The molecule has 0 radical (unpaired) electrons. The fourth-order valence-corrected chi connectivity index (χ4v) is 0.499. The highest BCUT2D eigenvalue weighted by molar-refractivity contribution is 6.67. The van der Waals surface area contributed by atoms with E-state index in [-0.39, 0.29) is 0 Å². The van der Waals surface area contributed by atoms with Gasteiger partial charge in [-0.15, -0.1) is 0 Å². The van der Waals surface area contributed by atoms with Crippen LogP contribution in [0.3, 0.4) is 0 Å². The van der Waals surface area contributed by atoms with Crippen LogP contribution < -0.4 is 0 Å². The third-order valence-electron chi connectivity index (χ3n) is 0.795. The minimum absolute atomic E-state index is 0.511. The lowest BCUT2D eigenvalue weighted by Crippen LogP contribution is -2.18. The van der Waals surface area contributed by atoms with Gasteiger partial charge < -0.3 is 10.1 Å². The lowest BCUT2D eigenvalue weighted by atomic mass is 10.3. The average molecular weight is 240 g/mol. The predicted molar refractivity (Wildman–Crippen MR) is 48.7 cm³/mol. The van der Waals surface area contributed by atoms with Gasteiger partial charge in [0.2, 0.25) is 3.79 Å². The number of nitriles is 1. The number of halogens is 3. The summed E-state index contributed by atoms with van der Waals surface area (Å²) in [6.45, 7) is -0.511. The van der Waals surface area contributed by atoms with Gasteiger partial charge in [0.15, 0.2) is 5.57 Å². The zero-order chi connectivity index (χ0) is 10.5. The molecule has 0 aliphatic carbocycles. The van der Waals surface area contributed by atoms with Crippen LogP contribution in [-0.2, 0) is 9.53 Å². The van der Waals surface area contributed by atoms with Crippen molar-refractivity contribution < 1.29 is 9.53 Å². The lowest BCUT2D eigenvalue weighted by molar-refractivity contribution is -0.138. The first-order chi connectivity index (χ1) is 5.90. The molecule has 0 bridgehead atoms. The van der Waals surface area contributed by atoms with Crippen LogP contribution in [0.5, 0.6) is 0 Å². The maximum Gasteiger partial charge on any atom is 0.355 e. The quantitative estimate of drug-likeness (QED) is 0.242.